The summed E-state index contributed by atoms with van der Waals surface area (Å²) >= 11 is 4.55. The van der Waals surface area contributed by atoms with Crippen molar-refractivity contribution < 1.29 is 4.39 Å². The van der Waals surface area contributed by atoms with Gasteiger partial charge in [-0.25, -0.2) is 9.37 Å². The predicted molar refractivity (Wildman–Crippen MR) is 59.9 cm³/mol. The molecule has 1 heterocycles. The number of halogens is 2. The van der Waals surface area contributed by atoms with Crippen molar-refractivity contribution in [3.05, 3.63) is 39.6 Å². The van der Waals surface area contributed by atoms with E-state index in [-0.39, 0.29) is 5.82 Å². The van der Waals surface area contributed by atoms with Gasteiger partial charge in [-0.05, 0) is 28.1 Å². The van der Waals surface area contributed by atoms with Crippen LogP contribution in [0.1, 0.15) is 5.69 Å². The van der Waals surface area contributed by atoms with Crippen LogP contribution in [0.4, 0.5) is 4.39 Å². The predicted octanol–water partition coefficient (Wildman–Crippen LogP) is 3.58. The molecule has 0 aliphatic rings. The number of hydrogen-bond donors (Lipinski definition) is 0. The van der Waals surface area contributed by atoms with Crippen molar-refractivity contribution >= 4 is 27.3 Å². The Morgan fingerprint density at radius 3 is 2.87 bits per heavy atom. The molecule has 74 valence electrons. The van der Waals surface area contributed by atoms with Crippen LogP contribution in [-0.2, 0) is 0 Å². The van der Waals surface area contributed by atoms with Crippen molar-refractivity contribution in [2.75, 3.05) is 0 Å². The minimum atomic E-state index is -0.308. The van der Waals surface area contributed by atoms with Crippen LogP contribution < -0.4 is 0 Å². The third-order valence-corrected chi connectivity index (χ3v) is 3.52. The molecular formula is C10H4BrFN2S. The topological polar surface area (TPSA) is 36.7 Å². The molecule has 1 aromatic carbocycles. The van der Waals surface area contributed by atoms with E-state index in [0.29, 0.717) is 20.1 Å². The Balaban J connectivity index is 2.51. The Hall–Kier alpha value is -1.25. The first-order valence-corrected chi connectivity index (χ1v) is 5.64. The first kappa shape index (κ1) is 10.3. The average Bonchev–Trinajstić information content (AvgIpc) is 2.60. The Morgan fingerprint density at radius 2 is 2.27 bits per heavy atom. The van der Waals surface area contributed by atoms with Gasteiger partial charge in [0, 0.05) is 5.56 Å². The second-order valence-corrected chi connectivity index (χ2v) is 5.08. The number of thiazole rings is 1. The van der Waals surface area contributed by atoms with Gasteiger partial charge >= 0.3 is 0 Å². The lowest BCUT2D eigenvalue weighted by Gasteiger charge is -1.94. The molecule has 0 aliphatic carbocycles. The zero-order valence-electron chi connectivity index (χ0n) is 7.37. The smallest absolute Gasteiger partial charge is 0.166 e. The van der Waals surface area contributed by atoms with Gasteiger partial charge in [-0.2, -0.15) is 5.26 Å². The summed E-state index contributed by atoms with van der Waals surface area (Å²) in [5.41, 5.74) is 1.02. The molecule has 0 bridgehead atoms. The van der Waals surface area contributed by atoms with Crippen molar-refractivity contribution in [1.29, 1.82) is 5.26 Å². The van der Waals surface area contributed by atoms with E-state index in [4.69, 9.17) is 5.26 Å². The van der Waals surface area contributed by atoms with Crippen LogP contribution in [0.5, 0.6) is 0 Å². The Morgan fingerprint density at radius 1 is 1.47 bits per heavy atom. The van der Waals surface area contributed by atoms with E-state index in [2.05, 4.69) is 20.9 Å². The number of hydrogen-bond acceptors (Lipinski definition) is 3. The van der Waals surface area contributed by atoms with Gasteiger partial charge in [0.15, 0.2) is 5.69 Å². The molecule has 0 saturated carbocycles. The van der Waals surface area contributed by atoms with Crippen LogP contribution in [0.2, 0.25) is 0 Å². The fraction of sp³-hybridized carbons (Fsp3) is 0. The zero-order valence-corrected chi connectivity index (χ0v) is 9.77. The molecule has 15 heavy (non-hydrogen) atoms. The van der Waals surface area contributed by atoms with Crippen LogP contribution in [0, 0.1) is 17.1 Å². The summed E-state index contributed by atoms with van der Waals surface area (Å²) in [6.45, 7) is 0. The van der Waals surface area contributed by atoms with E-state index in [9.17, 15) is 4.39 Å². The Kier molecular flexibility index (Phi) is 2.80. The van der Waals surface area contributed by atoms with Gasteiger partial charge in [0.2, 0.25) is 0 Å². The van der Waals surface area contributed by atoms with Gasteiger partial charge < -0.3 is 0 Å². The molecule has 5 heteroatoms. The van der Waals surface area contributed by atoms with E-state index in [1.165, 1.54) is 23.5 Å². The fourth-order valence-corrected chi connectivity index (χ4v) is 2.49. The minimum absolute atomic E-state index is 0.308. The first-order chi connectivity index (χ1) is 7.20. The van der Waals surface area contributed by atoms with Crippen LogP contribution in [-0.4, -0.2) is 4.98 Å². The number of nitriles is 1. The lowest BCUT2D eigenvalue weighted by Crippen LogP contribution is -1.79. The molecule has 0 unspecified atom stereocenters. The standard InChI is InChI=1S/C10H4BrFN2S/c11-9-8(5-13)14-10(15-9)6-2-1-3-7(12)4-6/h1-4H. The summed E-state index contributed by atoms with van der Waals surface area (Å²) in [7, 11) is 0. The molecule has 2 nitrogen and oxygen atoms in total. The number of benzene rings is 1. The highest BCUT2D eigenvalue weighted by Crippen LogP contribution is 2.31. The Bertz CT molecular complexity index is 545. The maximum Gasteiger partial charge on any atom is 0.166 e. The molecule has 0 amide bonds. The summed E-state index contributed by atoms with van der Waals surface area (Å²) in [5, 5.41) is 9.36. The first-order valence-electron chi connectivity index (χ1n) is 4.03. The van der Waals surface area contributed by atoms with Gasteiger partial charge in [-0.3, -0.25) is 0 Å². The molecule has 2 rings (SSSR count). The SMILES string of the molecule is N#Cc1nc(-c2cccc(F)c2)sc1Br. The molecule has 0 aliphatic heterocycles. The van der Waals surface area contributed by atoms with Crippen molar-refractivity contribution in [2.45, 2.75) is 0 Å². The third-order valence-electron chi connectivity index (χ3n) is 1.76. The van der Waals surface area contributed by atoms with E-state index in [1.807, 2.05) is 6.07 Å². The van der Waals surface area contributed by atoms with Gasteiger partial charge in [0.1, 0.15) is 20.7 Å². The van der Waals surface area contributed by atoms with E-state index in [1.54, 1.807) is 12.1 Å². The number of aromatic nitrogens is 1. The van der Waals surface area contributed by atoms with E-state index >= 15 is 0 Å². The number of nitrogens with zero attached hydrogens (tertiary/aromatic N) is 2. The van der Waals surface area contributed by atoms with Crippen molar-refractivity contribution in [2.24, 2.45) is 0 Å². The maximum atomic E-state index is 12.9. The van der Waals surface area contributed by atoms with Crippen molar-refractivity contribution in [3.8, 4) is 16.6 Å². The molecular weight excluding hydrogens is 279 g/mol. The van der Waals surface area contributed by atoms with Gasteiger partial charge in [0.05, 0.1) is 0 Å². The largest absolute Gasteiger partial charge is 0.224 e. The normalized spacial score (nSPS) is 9.93. The molecule has 0 radical (unpaired) electrons. The summed E-state index contributed by atoms with van der Waals surface area (Å²) in [4.78, 5) is 4.08. The third kappa shape index (κ3) is 2.06. The van der Waals surface area contributed by atoms with Crippen molar-refractivity contribution in [3.63, 3.8) is 0 Å². The van der Waals surface area contributed by atoms with Crippen LogP contribution in [0.15, 0.2) is 28.1 Å². The summed E-state index contributed by atoms with van der Waals surface area (Å²) in [5.74, 6) is -0.308. The molecule has 0 fully saturated rings. The highest BCUT2D eigenvalue weighted by Gasteiger charge is 2.10. The molecule has 0 atom stereocenters. The molecule has 0 spiro atoms. The second-order valence-electron chi connectivity index (χ2n) is 2.76. The second kappa shape index (κ2) is 4.09. The van der Waals surface area contributed by atoms with Crippen molar-refractivity contribution in [1.82, 2.24) is 4.98 Å². The number of rotatable bonds is 1. The lowest BCUT2D eigenvalue weighted by atomic mass is 10.2. The zero-order chi connectivity index (χ0) is 10.8. The van der Waals surface area contributed by atoms with Crippen LogP contribution in [0.25, 0.3) is 10.6 Å². The lowest BCUT2D eigenvalue weighted by molar-refractivity contribution is 0.628. The van der Waals surface area contributed by atoms with E-state index in [0.717, 1.165) is 0 Å². The highest BCUT2D eigenvalue weighted by atomic mass is 79.9. The summed E-state index contributed by atoms with van der Waals surface area (Å²) < 4.78 is 13.6. The van der Waals surface area contributed by atoms with Gasteiger partial charge in [0.25, 0.3) is 0 Å². The Labute approximate surface area is 98.1 Å². The summed E-state index contributed by atoms with van der Waals surface area (Å²) in [6.07, 6.45) is 0. The molecule has 1 aromatic heterocycles. The average molecular weight is 283 g/mol. The maximum absolute atomic E-state index is 12.9. The van der Waals surface area contributed by atoms with Gasteiger partial charge in [-0.15, -0.1) is 11.3 Å². The fourth-order valence-electron chi connectivity index (χ4n) is 1.12. The van der Waals surface area contributed by atoms with Gasteiger partial charge in [-0.1, -0.05) is 12.1 Å². The molecule has 2 aromatic rings. The molecule has 0 N–H and O–H groups in total. The summed E-state index contributed by atoms with van der Waals surface area (Å²) in [6, 6.07) is 8.10. The monoisotopic (exact) mass is 282 g/mol. The van der Waals surface area contributed by atoms with Crippen LogP contribution >= 0.6 is 27.3 Å². The minimum Gasteiger partial charge on any atom is -0.224 e. The molecule has 0 saturated heterocycles. The highest BCUT2D eigenvalue weighted by molar-refractivity contribution is 9.11. The quantitative estimate of drug-likeness (QED) is 0.802. The van der Waals surface area contributed by atoms with Crippen LogP contribution in [0.3, 0.4) is 0 Å². The van der Waals surface area contributed by atoms with E-state index < -0.39 is 0 Å².